The molecule has 0 spiro atoms. The minimum Gasteiger partial charge on any atom is -0.339 e. The van der Waals surface area contributed by atoms with Crippen molar-refractivity contribution in [2.45, 2.75) is 31.6 Å². The molecule has 4 nitrogen and oxygen atoms in total. The Morgan fingerprint density at radius 3 is 2.50 bits per heavy atom. The lowest BCUT2D eigenvalue weighted by Gasteiger charge is -2.32. The molecule has 3 aromatic rings. The maximum absolute atomic E-state index is 13.0. The molecule has 150 valence electrons. The third kappa shape index (κ3) is 4.75. The van der Waals surface area contributed by atoms with E-state index in [1.165, 1.54) is 11.1 Å². The Bertz CT molecular complexity index is 1050. The summed E-state index contributed by atoms with van der Waals surface area (Å²) in [6.45, 7) is 1.46. The number of nitriles is 1. The summed E-state index contributed by atoms with van der Waals surface area (Å²) in [5.74, 6) is 0.464. The lowest BCUT2D eigenvalue weighted by atomic mass is 9.88. The topological polar surface area (TPSA) is 57.0 Å². The molecular weight excluding hydrogens is 370 g/mol. The first-order valence-electron chi connectivity index (χ1n) is 10.5. The fourth-order valence-corrected chi connectivity index (χ4v) is 4.14. The number of nitrogens with zero attached hydrogens (tertiary/aromatic N) is 3. The number of hydrogen-bond donors (Lipinski definition) is 0. The van der Waals surface area contributed by atoms with Gasteiger partial charge < -0.3 is 4.90 Å². The number of aryl methyl sites for hydroxylation is 2. The number of benzene rings is 2. The van der Waals surface area contributed by atoms with Gasteiger partial charge in [0, 0.05) is 25.5 Å². The van der Waals surface area contributed by atoms with E-state index in [0.29, 0.717) is 17.0 Å². The minimum absolute atomic E-state index is 0.0632. The third-order valence-corrected chi connectivity index (χ3v) is 5.86. The normalized spacial score (nSPS) is 14.3. The van der Waals surface area contributed by atoms with E-state index in [4.69, 9.17) is 5.26 Å². The van der Waals surface area contributed by atoms with Crippen LogP contribution in [-0.2, 0) is 12.8 Å². The SMILES string of the molecule is N#Cc1cccc(C2CCN(C(=O)c3cncc(CCc4ccccc4)c3)CC2)c1. The lowest BCUT2D eigenvalue weighted by molar-refractivity contribution is 0.0712. The maximum atomic E-state index is 13.0. The van der Waals surface area contributed by atoms with E-state index in [9.17, 15) is 4.79 Å². The first kappa shape index (κ1) is 19.8. The lowest BCUT2D eigenvalue weighted by Crippen LogP contribution is -2.38. The standard InChI is InChI=1S/C26H25N3O/c27-17-21-7-4-8-24(15-21)23-11-13-29(14-12-23)26(30)25-16-22(18-28-19-25)10-9-20-5-2-1-3-6-20/h1-8,15-16,18-19,23H,9-14H2. The van der Waals surface area contributed by atoms with E-state index in [0.717, 1.165) is 44.3 Å². The van der Waals surface area contributed by atoms with Gasteiger partial charge in [0.15, 0.2) is 0 Å². The van der Waals surface area contributed by atoms with Crippen molar-refractivity contribution in [2.24, 2.45) is 0 Å². The second kappa shape index (κ2) is 9.37. The zero-order chi connectivity index (χ0) is 20.8. The van der Waals surface area contributed by atoms with Crippen molar-refractivity contribution in [1.29, 1.82) is 5.26 Å². The maximum Gasteiger partial charge on any atom is 0.255 e. The summed E-state index contributed by atoms with van der Waals surface area (Å²) in [6, 6.07) is 22.4. The molecule has 0 saturated carbocycles. The summed E-state index contributed by atoms with van der Waals surface area (Å²) in [4.78, 5) is 19.3. The molecule has 2 heterocycles. The monoisotopic (exact) mass is 395 g/mol. The van der Waals surface area contributed by atoms with Crippen LogP contribution >= 0.6 is 0 Å². The van der Waals surface area contributed by atoms with E-state index in [1.807, 2.05) is 53.6 Å². The smallest absolute Gasteiger partial charge is 0.255 e. The summed E-state index contributed by atoms with van der Waals surface area (Å²) in [5, 5.41) is 9.12. The van der Waals surface area contributed by atoms with E-state index in [2.05, 4.69) is 29.3 Å². The highest BCUT2D eigenvalue weighted by Crippen LogP contribution is 2.29. The van der Waals surface area contributed by atoms with E-state index in [-0.39, 0.29) is 5.91 Å². The van der Waals surface area contributed by atoms with Gasteiger partial charge in [-0.15, -0.1) is 0 Å². The zero-order valence-corrected chi connectivity index (χ0v) is 17.0. The van der Waals surface area contributed by atoms with Gasteiger partial charge in [-0.2, -0.15) is 5.26 Å². The number of amides is 1. The Kier molecular flexibility index (Phi) is 6.20. The quantitative estimate of drug-likeness (QED) is 0.626. The van der Waals surface area contributed by atoms with Gasteiger partial charge >= 0.3 is 0 Å². The molecule has 0 N–H and O–H groups in total. The molecule has 0 bridgehead atoms. The number of carbonyl (C=O) groups excluding carboxylic acids is 1. The summed E-state index contributed by atoms with van der Waals surface area (Å²) < 4.78 is 0. The molecule has 1 fully saturated rings. The molecule has 0 radical (unpaired) electrons. The van der Waals surface area contributed by atoms with E-state index >= 15 is 0 Å². The Morgan fingerprint density at radius 2 is 1.73 bits per heavy atom. The van der Waals surface area contributed by atoms with Gasteiger partial charge in [0.25, 0.3) is 5.91 Å². The van der Waals surface area contributed by atoms with Crippen molar-refractivity contribution < 1.29 is 4.79 Å². The van der Waals surface area contributed by atoms with Gasteiger partial charge in [-0.1, -0.05) is 42.5 Å². The van der Waals surface area contributed by atoms with Gasteiger partial charge in [-0.25, -0.2) is 0 Å². The fourth-order valence-electron chi connectivity index (χ4n) is 4.14. The van der Waals surface area contributed by atoms with Gasteiger partial charge in [0.1, 0.15) is 0 Å². The van der Waals surface area contributed by atoms with Crippen LogP contribution in [-0.4, -0.2) is 28.9 Å². The van der Waals surface area contributed by atoms with Gasteiger partial charge in [0.2, 0.25) is 0 Å². The molecule has 2 aromatic carbocycles. The molecular formula is C26H25N3O. The third-order valence-electron chi connectivity index (χ3n) is 5.86. The van der Waals surface area contributed by atoms with Crippen molar-refractivity contribution in [1.82, 2.24) is 9.88 Å². The summed E-state index contributed by atoms with van der Waals surface area (Å²) >= 11 is 0. The van der Waals surface area contributed by atoms with Crippen LogP contribution < -0.4 is 0 Å². The van der Waals surface area contributed by atoms with Gasteiger partial charge in [-0.3, -0.25) is 9.78 Å². The highest BCUT2D eigenvalue weighted by Gasteiger charge is 2.25. The number of piperidine rings is 1. The summed E-state index contributed by atoms with van der Waals surface area (Å²) in [7, 11) is 0. The molecule has 1 aliphatic rings. The number of pyridine rings is 1. The number of likely N-dealkylation sites (tertiary alicyclic amines) is 1. The Hall–Kier alpha value is -3.45. The number of hydrogen-bond acceptors (Lipinski definition) is 3. The van der Waals surface area contributed by atoms with Crippen LogP contribution in [0.4, 0.5) is 0 Å². The van der Waals surface area contributed by atoms with Crippen LogP contribution in [0.2, 0.25) is 0 Å². The van der Waals surface area contributed by atoms with E-state index < -0.39 is 0 Å². The average molecular weight is 396 g/mol. The van der Waals surface area contributed by atoms with Gasteiger partial charge in [0.05, 0.1) is 17.2 Å². The van der Waals surface area contributed by atoms with Crippen molar-refractivity contribution in [3.8, 4) is 6.07 Å². The molecule has 30 heavy (non-hydrogen) atoms. The number of rotatable bonds is 5. The molecule has 0 atom stereocenters. The highest BCUT2D eigenvalue weighted by molar-refractivity contribution is 5.94. The Balaban J connectivity index is 1.36. The highest BCUT2D eigenvalue weighted by atomic mass is 16.2. The molecule has 1 aromatic heterocycles. The molecule has 4 heteroatoms. The van der Waals surface area contributed by atoms with Crippen molar-refractivity contribution >= 4 is 5.91 Å². The first-order valence-corrected chi connectivity index (χ1v) is 10.5. The fraction of sp³-hybridized carbons (Fsp3) is 0.269. The minimum atomic E-state index is 0.0632. The van der Waals surface area contributed by atoms with Crippen LogP contribution in [0, 0.1) is 11.3 Å². The van der Waals surface area contributed by atoms with Crippen LogP contribution in [0.5, 0.6) is 0 Å². The second-order valence-electron chi connectivity index (χ2n) is 7.87. The van der Waals surface area contributed by atoms with Crippen LogP contribution in [0.25, 0.3) is 0 Å². The molecule has 4 rings (SSSR count). The Morgan fingerprint density at radius 1 is 0.967 bits per heavy atom. The first-order chi connectivity index (χ1) is 14.7. The average Bonchev–Trinajstić information content (AvgIpc) is 2.83. The van der Waals surface area contributed by atoms with Crippen LogP contribution in [0.15, 0.2) is 73.1 Å². The molecule has 1 amide bonds. The summed E-state index contributed by atoms with van der Waals surface area (Å²) in [5.41, 5.74) is 4.95. The largest absolute Gasteiger partial charge is 0.339 e. The van der Waals surface area contributed by atoms with Crippen molar-refractivity contribution in [3.63, 3.8) is 0 Å². The molecule has 1 saturated heterocycles. The summed E-state index contributed by atoms with van der Waals surface area (Å²) in [6.07, 6.45) is 7.18. The predicted molar refractivity (Wildman–Crippen MR) is 117 cm³/mol. The predicted octanol–water partition coefficient (Wildman–Crippen LogP) is 4.76. The van der Waals surface area contributed by atoms with E-state index in [1.54, 1.807) is 6.20 Å². The van der Waals surface area contributed by atoms with Crippen molar-refractivity contribution in [2.75, 3.05) is 13.1 Å². The molecule has 1 aliphatic heterocycles. The van der Waals surface area contributed by atoms with Gasteiger partial charge in [-0.05, 0) is 66.5 Å². The zero-order valence-electron chi connectivity index (χ0n) is 17.0. The number of aromatic nitrogens is 1. The number of carbonyl (C=O) groups is 1. The van der Waals surface area contributed by atoms with Crippen molar-refractivity contribution in [3.05, 3.63) is 101 Å². The van der Waals surface area contributed by atoms with Crippen LogP contribution in [0.1, 0.15) is 51.4 Å². The molecule has 0 aliphatic carbocycles. The second-order valence-corrected chi connectivity index (χ2v) is 7.87. The van der Waals surface area contributed by atoms with Crippen LogP contribution in [0.3, 0.4) is 0 Å². The molecule has 0 unspecified atom stereocenters. The Labute approximate surface area is 177 Å².